The van der Waals surface area contributed by atoms with Gasteiger partial charge in [0.1, 0.15) is 0 Å². The Morgan fingerprint density at radius 3 is 2.39 bits per heavy atom. The van der Waals surface area contributed by atoms with Gasteiger partial charge in [-0.2, -0.15) is 0 Å². The van der Waals surface area contributed by atoms with Crippen LogP contribution in [0.1, 0.15) is 17.5 Å². The van der Waals surface area contributed by atoms with Gasteiger partial charge in [-0.1, -0.05) is 0 Å². The van der Waals surface area contributed by atoms with E-state index in [1.165, 1.54) is 18.3 Å². The maximum atomic E-state index is 11.5. The first-order valence-electron chi connectivity index (χ1n) is 5.23. The van der Waals surface area contributed by atoms with Gasteiger partial charge >= 0.3 is 12.0 Å². The number of aryl methyl sites for hydroxylation is 2. The number of nitrogens with one attached hydrogen (secondary N) is 2. The molecular formula is C10H15N3O4S. The van der Waals surface area contributed by atoms with Crippen molar-refractivity contribution in [3.63, 3.8) is 0 Å². The average molecular weight is 273 g/mol. The molecule has 1 aromatic rings. The lowest BCUT2D eigenvalue weighted by Crippen LogP contribution is -2.49. The fraction of sp³-hybridized carbons (Fsp3) is 0.500. The number of carboxylic acid groups (broad SMARTS) is 1. The molecule has 0 aromatic carbocycles. The summed E-state index contributed by atoms with van der Waals surface area (Å²) in [6, 6.07) is -2.07. The van der Waals surface area contributed by atoms with E-state index in [-0.39, 0.29) is 0 Å². The van der Waals surface area contributed by atoms with Crippen molar-refractivity contribution in [3.05, 3.63) is 10.6 Å². The summed E-state index contributed by atoms with van der Waals surface area (Å²) in [6.45, 7) is 4.97. The van der Waals surface area contributed by atoms with Gasteiger partial charge in [0.25, 0.3) is 0 Å². The predicted molar refractivity (Wildman–Crippen MR) is 66.8 cm³/mol. The van der Waals surface area contributed by atoms with Crippen molar-refractivity contribution in [2.45, 2.75) is 32.9 Å². The SMILES string of the molecule is Cc1nc(NC(=O)N[C@H](C(=O)O)[C@@H](C)O)sc1C. The first-order valence-corrected chi connectivity index (χ1v) is 6.05. The summed E-state index contributed by atoms with van der Waals surface area (Å²) >= 11 is 1.29. The molecule has 2 atom stereocenters. The lowest BCUT2D eigenvalue weighted by atomic mass is 10.2. The number of rotatable bonds is 4. The van der Waals surface area contributed by atoms with Crippen LogP contribution in [0.4, 0.5) is 9.93 Å². The van der Waals surface area contributed by atoms with Crippen molar-refractivity contribution in [2.75, 3.05) is 5.32 Å². The number of anilines is 1. The standard InChI is InChI=1S/C10H15N3O4S/c1-4-6(3)18-10(11-4)13-9(17)12-7(5(2)14)8(15)16/h5,7,14H,1-3H3,(H,15,16)(H2,11,12,13,17)/t5-,7+/m1/s1. The molecular weight excluding hydrogens is 258 g/mol. The summed E-state index contributed by atoms with van der Waals surface area (Å²) in [6.07, 6.45) is -1.19. The second kappa shape index (κ2) is 5.78. The Hall–Kier alpha value is -1.67. The van der Waals surface area contributed by atoms with Gasteiger partial charge in [-0.05, 0) is 20.8 Å². The highest BCUT2D eigenvalue weighted by Gasteiger charge is 2.25. The number of aromatic nitrogens is 1. The Labute approximate surface area is 108 Å². The summed E-state index contributed by atoms with van der Waals surface area (Å²) in [7, 11) is 0. The molecule has 0 saturated carbocycles. The number of amides is 2. The lowest BCUT2D eigenvalue weighted by Gasteiger charge is -2.16. The number of hydrogen-bond donors (Lipinski definition) is 4. The molecule has 1 rings (SSSR count). The minimum atomic E-state index is -1.35. The van der Waals surface area contributed by atoms with Crippen LogP contribution in [0.3, 0.4) is 0 Å². The van der Waals surface area contributed by atoms with Crippen LogP contribution in [0.5, 0.6) is 0 Å². The van der Waals surface area contributed by atoms with Crippen molar-refractivity contribution in [1.82, 2.24) is 10.3 Å². The van der Waals surface area contributed by atoms with E-state index in [0.29, 0.717) is 5.13 Å². The molecule has 100 valence electrons. The Morgan fingerprint density at radius 1 is 1.39 bits per heavy atom. The van der Waals surface area contributed by atoms with E-state index in [2.05, 4.69) is 15.6 Å². The van der Waals surface area contributed by atoms with E-state index >= 15 is 0 Å². The topological polar surface area (TPSA) is 112 Å². The number of aliphatic hydroxyl groups excluding tert-OH is 1. The third kappa shape index (κ3) is 3.67. The third-order valence-corrected chi connectivity index (χ3v) is 3.27. The molecule has 0 spiro atoms. The van der Waals surface area contributed by atoms with Crippen LogP contribution in [0, 0.1) is 13.8 Å². The highest BCUT2D eigenvalue weighted by molar-refractivity contribution is 7.15. The van der Waals surface area contributed by atoms with E-state index in [1.54, 1.807) is 0 Å². The molecule has 0 bridgehead atoms. The number of hydrogen-bond acceptors (Lipinski definition) is 5. The first kappa shape index (κ1) is 14.4. The number of aliphatic carboxylic acids is 1. The highest BCUT2D eigenvalue weighted by Crippen LogP contribution is 2.20. The monoisotopic (exact) mass is 273 g/mol. The lowest BCUT2D eigenvalue weighted by molar-refractivity contribution is -0.141. The second-order valence-electron chi connectivity index (χ2n) is 3.82. The van der Waals surface area contributed by atoms with Crippen molar-refractivity contribution >= 4 is 28.5 Å². The van der Waals surface area contributed by atoms with Crippen LogP contribution in [0.25, 0.3) is 0 Å². The summed E-state index contributed by atoms with van der Waals surface area (Å²) in [4.78, 5) is 27.3. The molecule has 1 aromatic heterocycles. The number of carbonyl (C=O) groups is 2. The van der Waals surface area contributed by atoms with Gasteiger partial charge in [-0.15, -0.1) is 11.3 Å². The molecule has 0 aliphatic heterocycles. The van der Waals surface area contributed by atoms with Gasteiger partial charge < -0.3 is 15.5 Å². The molecule has 1 heterocycles. The number of nitrogens with zero attached hydrogens (tertiary/aromatic N) is 1. The summed E-state index contributed by atoms with van der Waals surface area (Å²) in [5.74, 6) is -1.30. The van der Waals surface area contributed by atoms with Crippen LogP contribution in [0.15, 0.2) is 0 Å². The maximum absolute atomic E-state index is 11.5. The third-order valence-electron chi connectivity index (χ3n) is 2.28. The van der Waals surface area contributed by atoms with Crippen molar-refractivity contribution in [2.24, 2.45) is 0 Å². The molecule has 7 nitrogen and oxygen atoms in total. The van der Waals surface area contributed by atoms with E-state index < -0.39 is 24.1 Å². The van der Waals surface area contributed by atoms with Gasteiger partial charge in [0.15, 0.2) is 11.2 Å². The quantitative estimate of drug-likeness (QED) is 0.645. The van der Waals surface area contributed by atoms with Gasteiger partial charge in [-0.3, -0.25) is 5.32 Å². The zero-order valence-electron chi connectivity index (χ0n) is 10.2. The largest absolute Gasteiger partial charge is 0.480 e. The molecule has 8 heteroatoms. The first-order chi connectivity index (χ1) is 8.31. The maximum Gasteiger partial charge on any atom is 0.328 e. The molecule has 4 N–H and O–H groups in total. The van der Waals surface area contributed by atoms with Crippen molar-refractivity contribution < 1.29 is 19.8 Å². The zero-order valence-corrected chi connectivity index (χ0v) is 11.0. The van der Waals surface area contributed by atoms with Crippen molar-refractivity contribution in [3.8, 4) is 0 Å². The Kier molecular flexibility index (Phi) is 4.62. The average Bonchev–Trinajstić information content (AvgIpc) is 2.53. The predicted octanol–water partition coefficient (Wildman–Crippen LogP) is 0.715. The molecule has 0 saturated heterocycles. The normalized spacial score (nSPS) is 13.8. The molecule has 2 amide bonds. The van der Waals surface area contributed by atoms with Crippen LogP contribution in [-0.4, -0.2) is 39.3 Å². The van der Waals surface area contributed by atoms with Gasteiger partial charge in [0.05, 0.1) is 11.8 Å². The van der Waals surface area contributed by atoms with Crippen LogP contribution in [-0.2, 0) is 4.79 Å². The summed E-state index contributed by atoms with van der Waals surface area (Å²) in [5.41, 5.74) is 0.806. The van der Waals surface area contributed by atoms with Crippen molar-refractivity contribution in [1.29, 1.82) is 0 Å². The molecule has 0 aliphatic rings. The van der Waals surface area contributed by atoms with E-state index in [9.17, 15) is 14.7 Å². The Bertz CT molecular complexity index is 438. The van der Waals surface area contributed by atoms with E-state index in [0.717, 1.165) is 10.6 Å². The second-order valence-corrected chi connectivity index (χ2v) is 5.02. The number of urea groups is 1. The minimum Gasteiger partial charge on any atom is -0.480 e. The van der Waals surface area contributed by atoms with Crippen LogP contribution < -0.4 is 10.6 Å². The highest BCUT2D eigenvalue weighted by atomic mass is 32.1. The van der Waals surface area contributed by atoms with Gasteiger partial charge in [0.2, 0.25) is 0 Å². The molecule has 18 heavy (non-hydrogen) atoms. The number of thiazole rings is 1. The Morgan fingerprint density at radius 2 is 2.00 bits per heavy atom. The molecule has 0 radical (unpaired) electrons. The number of carbonyl (C=O) groups excluding carboxylic acids is 1. The molecule has 0 aliphatic carbocycles. The Balaban J connectivity index is 2.63. The number of carboxylic acids is 1. The summed E-state index contributed by atoms with van der Waals surface area (Å²) in [5, 5.41) is 23.0. The summed E-state index contributed by atoms with van der Waals surface area (Å²) < 4.78 is 0. The minimum absolute atomic E-state index is 0.386. The molecule has 0 fully saturated rings. The van der Waals surface area contributed by atoms with Gasteiger partial charge in [-0.25, -0.2) is 14.6 Å². The molecule has 0 unspecified atom stereocenters. The van der Waals surface area contributed by atoms with Crippen LogP contribution >= 0.6 is 11.3 Å². The van der Waals surface area contributed by atoms with Gasteiger partial charge in [0, 0.05) is 4.88 Å². The number of aliphatic hydroxyl groups is 1. The van der Waals surface area contributed by atoms with E-state index in [1.807, 2.05) is 13.8 Å². The smallest absolute Gasteiger partial charge is 0.328 e. The fourth-order valence-electron chi connectivity index (χ4n) is 1.19. The zero-order chi connectivity index (χ0) is 13.9. The van der Waals surface area contributed by atoms with Crippen LogP contribution in [0.2, 0.25) is 0 Å². The van der Waals surface area contributed by atoms with E-state index in [4.69, 9.17) is 5.11 Å². The fourth-order valence-corrected chi connectivity index (χ4v) is 2.00.